The van der Waals surface area contributed by atoms with Gasteiger partial charge in [0.05, 0.1) is 18.8 Å². The van der Waals surface area contributed by atoms with E-state index in [-0.39, 0.29) is 11.5 Å². The molecule has 0 radical (unpaired) electrons. The highest BCUT2D eigenvalue weighted by molar-refractivity contribution is 5.84. The van der Waals surface area contributed by atoms with Crippen molar-refractivity contribution in [1.29, 1.82) is 0 Å². The highest BCUT2D eigenvalue weighted by Gasteiger charge is 2.59. The molecule has 4 atom stereocenters. The summed E-state index contributed by atoms with van der Waals surface area (Å²) in [6.07, 6.45) is 1.47. The molecule has 0 spiro atoms. The summed E-state index contributed by atoms with van der Waals surface area (Å²) in [7, 11) is 0. The molecule has 2 heterocycles. The van der Waals surface area contributed by atoms with Crippen LogP contribution >= 0.6 is 0 Å². The lowest BCUT2D eigenvalue weighted by Crippen LogP contribution is -2.68. The van der Waals surface area contributed by atoms with E-state index in [1.54, 1.807) is 0 Å². The first-order chi connectivity index (χ1) is 14.0. The summed E-state index contributed by atoms with van der Waals surface area (Å²) >= 11 is 0. The van der Waals surface area contributed by atoms with E-state index in [0.29, 0.717) is 31.2 Å². The first-order valence-electron chi connectivity index (χ1n) is 10.8. The van der Waals surface area contributed by atoms with Crippen molar-refractivity contribution in [3.05, 3.63) is 30.0 Å². The van der Waals surface area contributed by atoms with Gasteiger partial charge in [-0.15, -0.1) is 0 Å². The average molecular weight is 400 g/mol. The van der Waals surface area contributed by atoms with Crippen molar-refractivity contribution in [1.82, 2.24) is 10.6 Å². The van der Waals surface area contributed by atoms with Crippen molar-refractivity contribution >= 4 is 16.9 Å². The van der Waals surface area contributed by atoms with E-state index in [2.05, 4.69) is 49.4 Å². The number of rotatable bonds is 6. The topological polar surface area (TPSA) is 68.0 Å². The maximum absolute atomic E-state index is 6.16. The summed E-state index contributed by atoms with van der Waals surface area (Å²) in [6.45, 7) is 12.9. The maximum atomic E-state index is 6.16. The van der Waals surface area contributed by atoms with Crippen molar-refractivity contribution in [2.24, 2.45) is 16.3 Å². The third-order valence-electron chi connectivity index (χ3n) is 6.32. The molecule has 158 valence electrons. The van der Waals surface area contributed by atoms with Gasteiger partial charge in [0.15, 0.2) is 17.3 Å². The zero-order valence-corrected chi connectivity index (χ0v) is 18.1. The molecule has 0 bridgehead atoms. The van der Waals surface area contributed by atoms with Crippen LogP contribution in [0, 0.1) is 11.3 Å². The molecule has 1 aromatic heterocycles. The molecular formula is C23H33N3O3. The van der Waals surface area contributed by atoms with Gasteiger partial charge < -0.3 is 24.5 Å². The second-order valence-corrected chi connectivity index (χ2v) is 8.63. The standard InChI is InChI=1S/C23H33N3O3/c1-6-24-22(26-20-16-11-12-28-21(16)23(20,4)5)25-14(3)18-13-15-9-8-10-17(27-7-2)19(15)29-18/h8-10,13-14,16,20-21H,6-7,11-12H2,1-5H3,(H2,24,25,26). The summed E-state index contributed by atoms with van der Waals surface area (Å²) in [5.74, 6) is 3.04. The molecule has 1 saturated carbocycles. The number of aliphatic imine (C=N–C) groups is 1. The summed E-state index contributed by atoms with van der Waals surface area (Å²) in [6, 6.07) is 8.41. The van der Waals surface area contributed by atoms with E-state index in [0.717, 1.165) is 41.5 Å². The number of nitrogens with one attached hydrogen (secondary N) is 2. The number of hydrogen-bond acceptors (Lipinski definition) is 4. The van der Waals surface area contributed by atoms with E-state index >= 15 is 0 Å². The van der Waals surface area contributed by atoms with Crippen LogP contribution in [0.4, 0.5) is 0 Å². The molecule has 1 aliphatic carbocycles. The predicted octanol–water partition coefficient (Wildman–Crippen LogP) is 4.26. The number of benzene rings is 1. The Morgan fingerprint density at radius 2 is 2.17 bits per heavy atom. The Morgan fingerprint density at radius 3 is 2.93 bits per heavy atom. The minimum Gasteiger partial charge on any atom is -0.490 e. The van der Waals surface area contributed by atoms with Gasteiger partial charge in [0, 0.05) is 35.9 Å². The highest BCUT2D eigenvalue weighted by atomic mass is 16.5. The molecule has 2 N–H and O–H groups in total. The normalized spacial score (nSPS) is 26.7. The molecular weight excluding hydrogens is 366 g/mol. The highest BCUT2D eigenvalue weighted by Crippen LogP contribution is 2.52. The molecule has 29 heavy (non-hydrogen) atoms. The Kier molecular flexibility index (Phi) is 5.47. The summed E-state index contributed by atoms with van der Waals surface area (Å²) < 4.78 is 17.8. The van der Waals surface area contributed by atoms with Gasteiger partial charge in [-0.3, -0.25) is 4.99 Å². The number of guanidine groups is 1. The van der Waals surface area contributed by atoms with E-state index in [1.165, 1.54) is 0 Å². The van der Waals surface area contributed by atoms with Gasteiger partial charge in [-0.05, 0) is 39.3 Å². The van der Waals surface area contributed by atoms with Gasteiger partial charge >= 0.3 is 0 Å². The Balaban J connectivity index is 1.49. The van der Waals surface area contributed by atoms with E-state index in [9.17, 15) is 0 Å². The van der Waals surface area contributed by atoms with Crippen LogP contribution in [0.15, 0.2) is 33.7 Å². The van der Waals surface area contributed by atoms with Crippen LogP contribution in [0.5, 0.6) is 5.75 Å². The van der Waals surface area contributed by atoms with Crippen molar-refractivity contribution in [2.75, 3.05) is 19.8 Å². The molecule has 1 aromatic carbocycles. The van der Waals surface area contributed by atoms with Crippen LogP contribution in [-0.2, 0) is 4.74 Å². The monoisotopic (exact) mass is 399 g/mol. The van der Waals surface area contributed by atoms with Crippen LogP contribution in [-0.4, -0.2) is 37.9 Å². The number of nitrogens with zero attached hydrogens (tertiary/aromatic N) is 1. The van der Waals surface area contributed by atoms with Crippen LogP contribution in [0.3, 0.4) is 0 Å². The summed E-state index contributed by atoms with van der Waals surface area (Å²) in [5.41, 5.74) is 0.901. The fourth-order valence-corrected chi connectivity index (χ4v) is 4.87. The molecule has 1 saturated heterocycles. The third kappa shape index (κ3) is 3.59. The Bertz CT molecular complexity index is 889. The summed E-state index contributed by atoms with van der Waals surface area (Å²) in [5, 5.41) is 8.25. The number of para-hydroxylation sites is 1. The van der Waals surface area contributed by atoms with Gasteiger partial charge in [0.1, 0.15) is 5.76 Å². The lowest BCUT2D eigenvalue weighted by Gasteiger charge is -2.55. The van der Waals surface area contributed by atoms with Gasteiger partial charge in [0.25, 0.3) is 0 Å². The minimum absolute atomic E-state index is 0.0199. The first-order valence-corrected chi connectivity index (χ1v) is 10.8. The van der Waals surface area contributed by atoms with Crippen LogP contribution in [0.2, 0.25) is 0 Å². The fraction of sp³-hybridized carbons (Fsp3) is 0.609. The number of ether oxygens (including phenoxy) is 2. The molecule has 6 heteroatoms. The predicted molar refractivity (Wildman–Crippen MR) is 115 cm³/mol. The first kappa shape index (κ1) is 20.1. The molecule has 2 aliphatic rings. The van der Waals surface area contributed by atoms with Crippen LogP contribution < -0.4 is 15.4 Å². The van der Waals surface area contributed by atoms with Gasteiger partial charge in [-0.25, -0.2) is 0 Å². The van der Waals surface area contributed by atoms with Crippen molar-refractivity contribution < 1.29 is 13.9 Å². The Hall–Kier alpha value is -2.21. The lowest BCUT2D eigenvalue weighted by atomic mass is 9.57. The van der Waals surface area contributed by atoms with E-state index in [4.69, 9.17) is 13.9 Å². The molecule has 1 aliphatic heterocycles. The maximum Gasteiger partial charge on any atom is 0.192 e. The van der Waals surface area contributed by atoms with Crippen LogP contribution in [0.25, 0.3) is 11.0 Å². The molecule has 4 rings (SSSR count). The SMILES string of the molecule is CCN=C(NC(C)c1cc2cccc(OCC)c2o1)NC1C2CCOC2C1(C)C. The number of hydrogen-bond donors (Lipinski definition) is 2. The largest absolute Gasteiger partial charge is 0.490 e. The van der Waals surface area contributed by atoms with Gasteiger partial charge in [0.2, 0.25) is 0 Å². The zero-order chi connectivity index (χ0) is 20.6. The Morgan fingerprint density at radius 1 is 1.34 bits per heavy atom. The van der Waals surface area contributed by atoms with Gasteiger partial charge in [-0.2, -0.15) is 0 Å². The number of furan rings is 1. The number of fused-ring (bicyclic) bond motifs is 2. The van der Waals surface area contributed by atoms with Crippen molar-refractivity contribution in [3.63, 3.8) is 0 Å². The summed E-state index contributed by atoms with van der Waals surface area (Å²) in [4.78, 5) is 4.68. The zero-order valence-electron chi connectivity index (χ0n) is 18.1. The quantitative estimate of drug-likeness (QED) is 0.561. The molecule has 2 fully saturated rings. The molecule has 6 nitrogen and oxygen atoms in total. The molecule has 2 aromatic rings. The molecule has 0 amide bonds. The smallest absolute Gasteiger partial charge is 0.192 e. The van der Waals surface area contributed by atoms with E-state index in [1.807, 2.05) is 25.1 Å². The minimum atomic E-state index is -0.0199. The van der Waals surface area contributed by atoms with Crippen molar-refractivity contribution in [3.8, 4) is 5.75 Å². The van der Waals surface area contributed by atoms with Crippen molar-refractivity contribution in [2.45, 2.75) is 59.2 Å². The third-order valence-corrected chi connectivity index (χ3v) is 6.32. The fourth-order valence-electron chi connectivity index (χ4n) is 4.87. The molecule has 4 unspecified atom stereocenters. The second kappa shape index (κ2) is 7.90. The van der Waals surface area contributed by atoms with Gasteiger partial charge in [-0.1, -0.05) is 26.0 Å². The Labute approximate surface area is 173 Å². The second-order valence-electron chi connectivity index (χ2n) is 8.63. The average Bonchev–Trinajstić information content (AvgIpc) is 3.33. The van der Waals surface area contributed by atoms with Crippen LogP contribution in [0.1, 0.15) is 52.8 Å². The van der Waals surface area contributed by atoms with E-state index < -0.39 is 0 Å². The lowest BCUT2D eigenvalue weighted by molar-refractivity contribution is -0.106.